The van der Waals surface area contributed by atoms with Crippen LogP contribution in [-0.2, 0) is 4.79 Å². The van der Waals surface area contributed by atoms with Crippen LogP contribution < -0.4 is 10.6 Å². The third-order valence-electron chi connectivity index (χ3n) is 6.40. The van der Waals surface area contributed by atoms with E-state index in [1.54, 1.807) is 18.2 Å². The fourth-order valence-electron chi connectivity index (χ4n) is 4.56. The van der Waals surface area contributed by atoms with Crippen molar-refractivity contribution >= 4 is 57.2 Å². The first-order valence-corrected chi connectivity index (χ1v) is 12.6. The highest BCUT2D eigenvalue weighted by atomic mass is 35.5. The number of carbonyl (C=O) groups excluding carboxylic acids is 1. The van der Waals surface area contributed by atoms with Gasteiger partial charge in [0.25, 0.3) is 0 Å². The summed E-state index contributed by atoms with van der Waals surface area (Å²) in [5, 5.41) is 7.46. The Morgan fingerprint density at radius 1 is 1.14 bits per heavy atom. The van der Waals surface area contributed by atoms with Crippen LogP contribution in [0.5, 0.6) is 0 Å². The number of halogens is 3. The van der Waals surface area contributed by atoms with Gasteiger partial charge in [0, 0.05) is 34.1 Å². The lowest BCUT2D eigenvalue weighted by atomic mass is 9.98. The van der Waals surface area contributed by atoms with Crippen molar-refractivity contribution in [3.63, 3.8) is 0 Å². The highest BCUT2D eigenvalue weighted by molar-refractivity contribution is 6.31. The maximum atomic E-state index is 13.7. The van der Waals surface area contributed by atoms with Gasteiger partial charge in [0.2, 0.25) is 5.91 Å². The minimum atomic E-state index is -0.513. The van der Waals surface area contributed by atoms with Gasteiger partial charge in [-0.05, 0) is 74.5 Å². The van der Waals surface area contributed by atoms with Gasteiger partial charge < -0.3 is 10.6 Å². The molecule has 5 rings (SSSR count). The fourth-order valence-corrected chi connectivity index (χ4v) is 4.93. The SMILES string of the molecule is CN1CCCC1/C=C/C(=O)Nc1ccc2ncnc(Nc3ccc(F)c(Cl)c3)c2c1-c1cccc(Cl)c1. The molecule has 1 amide bonds. The lowest BCUT2D eigenvalue weighted by Crippen LogP contribution is -2.23. The topological polar surface area (TPSA) is 70.2 Å². The second-order valence-corrected chi connectivity index (χ2v) is 9.75. The van der Waals surface area contributed by atoms with Crippen molar-refractivity contribution < 1.29 is 9.18 Å². The molecule has 0 bridgehead atoms. The molecule has 3 aromatic carbocycles. The van der Waals surface area contributed by atoms with Crippen molar-refractivity contribution in [2.45, 2.75) is 18.9 Å². The van der Waals surface area contributed by atoms with Crippen molar-refractivity contribution in [3.05, 3.63) is 88.9 Å². The van der Waals surface area contributed by atoms with Gasteiger partial charge in [-0.25, -0.2) is 14.4 Å². The van der Waals surface area contributed by atoms with Crippen molar-refractivity contribution in [3.8, 4) is 11.1 Å². The van der Waals surface area contributed by atoms with Gasteiger partial charge in [-0.3, -0.25) is 9.69 Å². The van der Waals surface area contributed by atoms with Crippen LogP contribution in [-0.4, -0.2) is 40.4 Å². The molecule has 1 unspecified atom stereocenters. The van der Waals surface area contributed by atoms with E-state index in [0.29, 0.717) is 38.7 Å². The number of aromatic nitrogens is 2. The van der Waals surface area contributed by atoms with Gasteiger partial charge in [0.05, 0.1) is 15.9 Å². The Hall–Kier alpha value is -3.52. The number of likely N-dealkylation sites (N-methyl/N-ethyl adjacent to an activating group) is 1. The van der Waals surface area contributed by atoms with Crippen molar-refractivity contribution in [2.75, 3.05) is 24.2 Å². The molecule has 1 saturated heterocycles. The molecule has 1 fully saturated rings. The van der Waals surface area contributed by atoms with Crippen LogP contribution in [0.3, 0.4) is 0 Å². The summed E-state index contributed by atoms with van der Waals surface area (Å²) in [6.45, 7) is 1.02. The molecule has 0 aliphatic carbocycles. The van der Waals surface area contributed by atoms with Crippen molar-refractivity contribution in [1.82, 2.24) is 14.9 Å². The van der Waals surface area contributed by atoms with Crippen LogP contribution in [0.25, 0.3) is 22.0 Å². The summed E-state index contributed by atoms with van der Waals surface area (Å²) >= 11 is 12.3. The second-order valence-electron chi connectivity index (χ2n) is 8.91. The molecule has 1 aliphatic heterocycles. The van der Waals surface area contributed by atoms with Crippen LogP contribution >= 0.6 is 23.2 Å². The van der Waals surface area contributed by atoms with E-state index in [2.05, 4.69) is 32.5 Å². The number of rotatable bonds is 6. The normalized spacial score (nSPS) is 15.9. The van der Waals surface area contributed by atoms with E-state index < -0.39 is 5.82 Å². The zero-order valence-corrected chi connectivity index (χ0v) is 21.5. The molecule has 4 aromatic rings. The third kappa shape index (κ3) is 5.59. The number of amides is 1. The average Bonchev–Trinajstić information content (AvgIpc) is 3.29. The van der Waals surface area contributed by atoms with Crippen LogP contribution in [0.15, 0.2) is 73.1 Å². The van der Waals surface area contributed by atoms with Gasteiger partial charge in [-0.15, -0.1) is 0 Å². The van der Waals surface area contributed by atoms with Gasteiger partial charge >= 0.3 is 0 Å². The lowest BCUT2D eigenvalue weighted by Gasteiger charge is -2.17. The maximum Gasteiger partial charge on any atom is 0.248 e. The van der Waals surface area contributed by atoms with Crippen LogP contribution in [0.1, 0.15) is 12.8 Å². The first kappa shape index (κ1) is 25.1. The smallest absolute Gasteiger partial charge is 0.248 e. The number of benzene rings is 3. The molecule has 6 nitrogen and oxygen atoms in total. The lowest BCUT2D eigenvalue weighted by molar-refractivity contribution is -0.111. The molecule has 188 valence electrons. The van der Waals surface area contributed by atoms with E-state index in [4.69, 9.17) is 23.2 Å². The minimum absolute atomic E-state index is 0.00827. The van der Waals surface area contributed by atoms with E-state index >= 15 is 0 Å². The molecule has 2 N–H and O–H groups in total. The number of carbonyl (C=O) groups is 1. The molecule has 0 saturated carbocycles. The summed E-state index contributed by atoms with van der Waals surface area (Å²) in [4.78, 5) is 24.1. The van der Waals surface area contributed by atoms with E-state index in [0.717, 1.165) is 24.9 Å². The van der Waals surface area contributed by atoms with Gasteiger partial charge in [0.1, 0.15) is 18.0 Å². The summed E-state index contributed by atoms with van der Waals surface area (Å²) in [5.74, 6) is -0.275. The van der Waals surface area contributed by atoms with Crippen LogP contribution in [0.2, 0.25) is 10.0 Å². The van der Waals surface area contributed by atoms with E-state index in [9.17, 15) is 9.18 Å². The minimum Gasteiger partial charge on any atom is -0.340 e. The highest BCUT2D eigenvalue weighted by Gasteiger charge is 2.20. The fraction of sp³-hybridized carbons (Fsp3) is 0.179. The molecule has 0 radical (unpaired) electrons. The number of hydrogen-bond donors (Lipinski definition) is 2. The molecular formula is C28H24Cl2FN5O. The molecule has 37 heavy (non-hydrogen) atoms. The number of nitrogens with zero attached hydrogens (tertiary/aromatic N) is 3. The van der Waals surface area contributed by atoms with Crippen molar-refractivity contribution in [1.29, 1.82) is 0 Å². The molecule has 2 heterocycles. The zero-order chi connectivity index (χ0) is 25.9. The van der Waals surface area contributed by atoms with Crippen LogP contribution in [0, 0.1) is 5.82 Å². The van der Waals surface area contributed by atoms with Crippen LogP contribution in [0.4, 0.5) is 21.6 Å². The summed E-state index contributed by atoms with van der Waals surface area (Å²) in [6.07, 6.45) is 7.11. The predicted octanol–water partition coefficient (Wildman–Crippen LogP) is 7.08. The first-order valence-electron chi connectivity index (χ1n) is 11.8. The Labute approximate surface area is 224 Å². The van der Waals surface area contributed by atoms with Gasteiger partial charge in [-0.1, -0.05) is 41.4 Å². The Kier molecular flexibility index (Phi) is 7.37. The Balaban J connectivity index is 1.59. The maximum absolute atomic E-state index is 13.7. The highest BCUT2D eigenvalue weighted by Crippen LogP contribution is 2.40. The average molecular weight is 536 g/mol. The molecule has 1 atom stereocenters. The molecule has 1 aromatic heterocycles. The summed E-state index contributed by atoms with van der Waals surface area (Å²) in [5.41, 5.74) is 3.28. The van der Waals surface area contributed by atoms with E-state index in [-0.39, 0.29) is 17.0 Å². The van der Waals surface area contributed by atoms with E-state index in [1.165, 1.54) is 18.5 Å². The number of fused-ring (bicyclic) bond motifs is 1. The van der Waals surface area contributed by atoms with Crippen molar-refractivity contribution in [2.24, 2.45) is 0 Å². The summed E-state index contributed by atoms with van der Waals surface area (Å²) in [6, 6.07) is 15.6. The molecule has 9 heteroatoms. The largest absolute Gasteiger partial charge is 0.340 e. The zero-order valence-electron chi connectivity index (χ0n) is 20.0. The number of likely N-dealkylation sites (tertiary alicyclic amines) is 1. The van der Waals surface area contributed by atoms with Gasteiger partial charge in [0.15, 0.2) is 0 Å². The quantitative estimate of drug-likeness (QED) is 0.258. The Morgan fingerprint density at radius 2 is 2.00 bits per heavy atom. The molecule has 1 aliphatic rings. The Bertz CT molecular complexity index is 1510. The number of nitrogens with one attached hydrogen (secondary N) is 2. The number of hydrogen-bond acceptors (Lipinski definition) is 5. The predicted molar refractivity (Wildman–Crippen MR) is 148 cm³/mol. The standard InChI is InChI=1S/C28H24Cl2FN5O/c1-36-13-3-6-20(36)8-12-25(37)35-24-11-10-23-27(26(24)17-4-2-5-18(29)14-17)28(33-16-32-23)34-19-7-9-22(31)21(30)15-19/h2,4-5,7-12,14-16,20H,3,6,13H2,1H3,(H,35,37)(H,32,33,34)/b12-8+. The summed E-state index contributed by atoms with van der Waals surface area (Å²) in [7, 11) is 2.06. The second kappa shape index (κ2) is 10.8. The Morgan fingerprint density at radius 3 is 2.76 bits per heavy atom. The number of anilines is 3. The van der Waals surface area contributed by atoms with Gasteiger partial charge in [-0.2, -0.15) is 0 Å². The third-order valence-corrected chi connectivity index (χ3v) is 6.93. The molecule has 0 spiro atoms. The summed E-state index contributed by atoms with van der Waals surface area (Å²) < 4.78 is 13.7. The molecular weight excluding hydrogens is 512 g/mol. The monoisotopic (exact) mass is 535 g/mol. The first-order chi connectivity index (χ1) is 17.9. The van der Waals surface area contributed by atoms with E-state index in [1.807, 2.05) is 36.4 Å².